The van der Waals surface area contributed by atoms with E-state index in [1.54, 1.807) is 24.3 Å². The Morgan fingerprint density at radius 3 is 2.41 bits per heavy atom. The Kier molecular flexibility index (Phi) is 6.59. The maximum atomic E-state index is 12.4. The van der Waals surface area contributed by atoms with Gasteiger partial charge in [0, 0.05) is 21.4 Å². The third-order valence-corrected chi connectivity index (χ3v) is 5.30. The van der Waals surface area contributed by atoms with Crippen molar-refractivity contribution >= 4 is 55.6 Å². The third kappa shape index (κ3) is 5.53. The summed E-state index contributed by atoms with van der Waals surface area (Å²) in [5, 5.41) is 13.6. The molecular weight excluding hydrogens is 489 g/mol. The van der Waals surface area contributed by atoms with Crippen molar-refractivity contribution in [2.45, 2.75) is 0 Å². The van der Waals surface area contributed by atoms with Crippen molar-refractivity contribution < 1.29 is 22.9 Å². The Balaban J connectivity index is 2.36. The number of nitro groups is 1. The van der Waals surface area contributed by atoms with Crippen LogP contribution in [-0.4, -0.2) is 39.2 Å². The van der Waals surface area contributed by atoms with Crippen LogP contribution in [0.25, 0.3) is 0 Å². The quantitative estimate of drug-likeness (QED) is 0.351. The van der Waals surface area contributed by atoms with Gasteiger partial charge in [-0.15, -0.1) is 0 Å². The highest BCUT2D eigenvalue weighted by Crippen LogP contribution is 2.33. The molecule has 2 aromatic rings. The van der Waals surface area contributed by atoms with E-state index in [0.717, 1.165) is 20.2 Å². The molecule has 0 unspecified atom stereocenters. The summed E-state index contributed by atoms with van der Waals surface area (Å²) in [6.07, 6.45) is 0.906. The molecule has 0 aliphatic heterocycles. The maximum Gasteiger partial charge on any atom is 0.271 e. The van der Waals surface area contributed by atoms with Crippen molar-refractivity contribution in [3.8, 4) is 5.75 Å². The molecule has 27 heavy (non-hydrogen) atoms. The van der Waals surface area contributed by atoms with Gasteiger partial charge in [-0.25, -0.2) is 8.42 Å². The van der Waals surface area contributed by atoms with E-state index in [9.17, 15) is 23.3 Å². The summed E-state index contributed by atoms with van der Waals surface area (Å²) < 4.78 is 31.3. The van der Waals surface area contributed by atoms with Gasteiger partial charge in [-0.05, 0) is 52.9 Å². The minimum atomic E-state index is -3.92. The van der Waals surface area contributed by atoms with Gasteiger partial charge in [0.15, 0.2) is 0 Å². The number of sulfonamides is 1. The number of nitrogens with one attached hydrogen (secondary N) is 1. The van der Waals surface area contributed by atoms with Crippen molar-refractivity contribution in [3.63, 3.8) is 0 Å². The number of nitrogens with zero attached hydrogens (tertiary/aromatic N) is 2. The zero-order valence-corrected chi connectivity index (χ0v) is 17.4. The molecule has 0 aliphatic rings. The standard InChI is InChI=1S/C16H16IN3O6S/c1-26-15-8-7-13(20(22)23)9-14(15)19(27(2,24)25)10-16(21)18-12-5-3-11(17)4-6-12/h3-9H,10H2,1-2H3,(H,18,21). The highest BCUT2D eigenvalue weighted by molar-refractivity contribution is 14.1. The molecule has 2 rings (SSSR count). The zero-order chi connectivity index (χ0) is 20.2. The van der Waals surface area contributed by atoms with Crippen LogP contribution in [0.3, 0.4) is 0 Å². The first kappa shape index (κ1) is 20.9. The molecule has 2 aromatic carbocycles. The minimum absolute atomic E-state index is 0.0908. The van der Waals surface area contributed by atoms with Gasteiger partial charge >= 0.3 is 0 Å². The number of benzene rings is 2. The van der Waals surface area contributed by atoms with E-state index < -0.39 is 27.4 Å². The highest BCUT2D eigenvalue weighted by atomic mass is 127. The summed E-state index contributed by atoms with van der Waals surface area (Å²) in [5.74, 6) is -0.511. The lowest BCUT2D eigenvalue weighted by Gasteiger charge is -2.23. The Labute approximate surface area is 169 Å². The number of hydrogen-bond acceptors (Lipinski definition) is 6. The van der Waals surface area contributed by atoms with Crippen LogP contribution in [0.15, 0.2) is 42.5 Å². The molecule has 0 saturated heterocycles. The van der Waals surface area contributed by atoms with Crippen LogP contribution in [-0.2, 0) is 14.8 Å². The first-order chi connectivity index (χ1) is 12.6. The number of ether oxygens (including phenoxy) is 1. The lowest BCUT2D eigenvalue weighted by molar-refractivity contribution is -0.384. The average Bonchev–Trinajstić information content (AvgIpc) is 2.60. The number of rotatable bonds is 7. The summed E-state index contributed by atoms with van der Waals surface area (Å²) in [5.41, 5.74) is 0.0873. The van der Waals surface area contributed by atoms with Crippen molar-refractivity contribution in [3.05, 3.63) is 56.1 Å². The zero-order valence-electron chi connectivity index (χ0n) is 14.4. The minimum Gasteiger partial charge on any atom is -0.495 e. The number of nitro benzene ring substituents is 1. The van der Waals surface area contributed by atoms with Crippen LogP contribution in [0, 0.1) is 13.7 Å². The number of amides is 1. The van der Waals surface area contributed by atoms with E-state index in [4.69, 9.17) is 4.74 Å². The number of halogens is 1. The molecular formula is C16H16IN3O6S. The normalized spacial score (nSPS) is 10.9. The first-order valence-electron chi connectivity index (χ1n) is 7.47. The first-order valence-corrected chi connectivity index (χ1v) is 10.4. The molecule has 1 N–H and O–H groups in total. The molecule has 0 spiro atoms. The number of hydrogen-bond donors (Lipinski definition) is 1. The molecule has 0 atom stereocenters. The van der Waals surface area contributed by atoms with Crippen LogP contribution < -0.4 is 14.4 Å². The predicted octanol–water partition coefficient (Wildman–Crippen LogP) is 2.61. The van der Waals surface area contributed by atoms with Gasteiger partial charge in [-0.3, -0.25) is 19.2 Å². The Morgan fingerprint density at radius 2 is 1.89 bits per heavy atom. The SMILES string of the molecule is COc1ccc([N+](=O)[O-])cc1N(CC(=O)Nc1ccc(I)cc1)S(C)(=O)=O. The van der Waals surface area contributed by atoms with Gasteiger partial charge in [0.25, 0.3) is 5.69 Å². The summed E-state index contributed by atoms with van der Waals surface area (Å²) in [6, 6.07) is 10.5. The molecule has 0 aromatic heterocycles. The Morgan fingerprint density at radius 1 is 1.26 bits per heavy atom. The van der Waals surface area contributed by atoms with Crippen LogP contribution in [0.2, 0.25) is 0 Å². The fourth-order valence-corrected chi connectivity index (χ4v) is 3.44. The van der Waals surface area contributed by atoms with Gasteiger partial charge in [-0.1, -0.05) is 0 Å². The van der Waals surface area contributed by atoms with E-state index in [0.29, 0.717) is 5.69 Å². The van der Waals surface area contributed by atoms with Crippen LogP contribution in [0.4, 0.5) is 17.1 Å². The number of methoxy groups -OCH3 is 1. The van der Waals surface area contributed by atoms with Gasteiger partial charge in [-0.2, -0.15) is 0 Å². The smallest absolute Gasteiger partial charge is 0.271 e. The van der Waals surface area contributed by atoms with Crippen molar-refractivity contribution in [1.82, 2.24) is 0 Å². The molecule has 0 aliphatic carbocycles. The molecule has 0 saturated carbocycles. The van der Waals surface area contributed by atoms with Crippen molar-refractivity contribution in [2.24, 2.45) is 0 Å². The third-order valence-electron chi connectivity index (χ3n) is 3.46. The largest absolute Gasteiger partial charge is 0.495 e. The van der Waals surface area contributed by atoms with Gasteiger partial charge in [0.2, 0.25) is 15.9 Å². The van der Waals surface area contributed by atoms with Gasteiger partial charge in [0.1, 0.15) is 18.0 Å². The van der Waals surface area contributed by atoms with E-state index in [1.165, 1.54) is 19.2 Å². The van der Waals surface area contributed by atoms with E-state index >= 15 is 0 Å². The summed E-state index contributed by atoms with van der Waals surface area (Å²) in [7, 11) is -2.62. The summed E-state index contributed by atoms with van der Waals surface area (Å²) in [6.45, 7) is -0.567. The van der Waals surface area contributed by atoms with Crippen molar-refractivity contribution in [1.29, 1.82) is 0 Å². The highest BCUT2D eigenvalue weighted by Gasteiger charge is 2.26. The second kappa shape index (κ2) is 8.52. The Hall–Kier alpha value is -2.41. The fourth-order valence-electron chi connectivity index (χ4n) is 2.23. The summed E-state index contributed by atoms with van der Waals surface area (Å²) in [4.78, 5) is 22.7. The monoisotopic (exact) mass is 505 g/mol. The van der Waals surface area contributed by atoms with E-state index in [-0.39, 0.29) is 17.1 Å². The second-order valence-corrected chi connectivity index (χ2v) is 8.59. The fraction of sp³-hybridized carbons (Fsp3) is 0.188. The average molecular weight is 505 g/mol. The lowest BCUT2D eigenvalue weighted by Crippen LogP contribution is -2.37. The molecule has 9 nitrogen and oxygen atoms in total. The molecule has 1 amide bonds. The maximum absolute atomic E-state index is 12.4. The molecule has 144 valence electrons. The number of non-ortho nitro benzene ring substituents is 1. The van der Waals surface area contributed by atoms with Crippen LogP contribution in [0.5, 0.6) is 5.75 Å². The Bertz CT molecular complexity index is 963. The van der Waals surface area contributed by atoms with E-state index in [2.05, 4.69) is 27.9 Å². The molecule has 11 heteroatoms. The van der Waals surface area contributed by atoms with Crippen LogP contribution in [0.1, 0.15) is 0 Å². The lowest BCUT2D eigenvalue weighted by atomic mass is 10.2. The van der Waals surface area contributed by atoms with E-state index in [1.807, 2.05) is 0 Å². The topological polar surface area (TPSA) is 119 Å². The number of carbonyl (C=O) groups is 1. The molecule has 0 fully saturated rings. The summed E-state index contributed by atoms with van der Waals surface area (Å²) >= 11 is 2.12. The molecule has 0 heterocycles. The van der Waals surface area contributed by atoms with Crippen molar-refractivity contribution in [2.75, 3.05) is 29.5 Å². The van der Waals surface area contributed by atoms with Gasteiger partial charge < -0.3 is 10.1 Å². The predicted molar refractivity (Wildman–Crippen MR) is 110 cm³/mol. The molecule has 0 bridgehead atoms. The molecule has 0 radical (unpaired) electrons. The number of anilines is 2. The van der Waals surface area contributed by atoms with Gasteiger partial charge in [0.05, 0.1) is 18.3 Å². The second-order valence-electron chi connectivity index (χ2n) is 5.44. The van der Waals surface area contributed by atoms with Crippen LogP contribution >= 0.6 is 22.6 Å². The number of carbonyl (C=O) groups excluding carboxylic acids is 1.